The normalized spacial score (nSPS) is 30.6. The van der Waals surface area contributed by atoms with E-state index in [1.165, 1.54) is 11.1 Å². The van der Waals surface area contributed by atoms with Gasteiger partial charge < -0.3 is 10.6 Å². The highest BCUT2D eigenvalue weighted by Crippen LogP contribution is 2.23. The molecular weight excluding hydrogens is 288 g/mol. The van der Waals surface area contributed by atoms with E-state index in [-0.39, 0.29) is 23.5 Å². The summed E-state index contributed by atoms with van der Waals surface area (Å²) in [4.78, 5) is 12.4. The second-order valence-electron chi connectivity index (χ2n) is 6.30. The first-order chi connectivity index (χ1) is 9.87. The molecule has 0 bridgehead atoms. The number of carbonyl (C=O) groups is 1. The van der Waals surface area contributed by atoms with Crippen molar-refractivity contribution in [1.29, 1.82) is 0 Å². The van der Waals surface area contributed by atoms with E-state index in [4.69, 9.17) is 0 Å². The average Bonchev–Trinajstić information content (AvgIpc) is 2.71. The Bertz CT molecular complexity index is 671. The first-order valence-electron chi connectivity index (χ1n) is 7.20. The summed E-state index contributed by atoms with van der Waals surface area (Å²) >= 11 is 0. The van der Waals surface area contributed by atoms with Crippen molar-refractivity contribution in [3.8, 4) is 0 Å². The minimum Gasteiger partial charge on any atom is -0.349 e. The van der Waals surface area contributed by atoms with Gasteiger partial charge in [-0.25, -0.2) is 8.42 Å². The molecule has 5 nitrogen and oxygen atoms in total. The standard InChI is InChI=1S/C15H20N2O3S/c1-15(6-7-21(19,20)10-15)17-14(18)13-8-11-4-2-3-5-12(11)9-16-13/h2-5,13,16H,6-10H2,1H3,(H,17,18)/t13-,15?/m0/s1. The van der Waals surface area contributed by atoms with Crippen LogP contribution in [-0.2, 0) is 27.6 Å². The van der Waals surface area contributed by atoms with Gasteiger partial charge in [0.25, 0.3) is 0 Å². The Morgan fingerprint density at radius 3 is 2.71 bits per heavy atom. The van der Waals surface area contributed by atoms with Crippen molar-refractivity contribution in [2.24, 2.45) is 0 Å². The fourth-order valence-electron chi connectivity index (χ4n) is 3.13. The van der Waals surface area contributed by atoms with Gasteiger partial charge in [-0.1, -0.05) is 24.3 Å². The SMILES string of the molecule is CC1(NC(=O)[C@@H]2Cc3ccccc3CN2)CCS(=O)(=O)C1. The third-order valence-corrected chi connectivity index (χ3v) is 6.23. The number of benzene rings is 1. The van der Waals surface area contributed by atoms with Crippen LogP contribution in [0.2, 0.25) is 0 Å². The molecule has 2 heterocycles. The lowest BCUT2D eigenvalue weighted by atomic mass is 9.94. The van der Waals surface area contributed by atoms with Crippen LogP contribution in [0.4, 0.5) is 0 Å². The Labute approximate surface area is 125 Å². The van der Waals surface area contributed by atoms with E-state index in [0.717, 1.165) is 0 Å². The molecule has 0 aromatic heterocycles. The molecule has 1 aromatic rings. The fraction of sp³-hybridized carbons (Fsp3) is 0.533. The van der Waals surface area contributed by atoms with Crippen LogP contribution in [0.25, 0.3) is 0 Å². The molecule has 0 spiro atoms. The van der Waals surface area contributed by atoms with Crippen molar-refractivity contribution in [3.05, 3.63) is 35.4 Å². The van der Waals surface area contributed by atoms with Crippen LogP contribution in [0.3, 0.4) is 0 Å². The molecule has 21 heavy (non-hydrogen) atoms. The Kier molecular flexibility index (Phi) is 3.53. The number of carbonyl (C=O) groups excluding carboxylic acids is 1. The molecule has 1 aromatic carbocycles. The van der Waals surface area contributed by atoms with Crippen LogP contribution in [0.15, 0.2) is 24.3 Å². The Balaban J connectivity index is 1.68. The van der Waals surface area contributed by atoms with Crippen molar-refractivity contribution < 1.29 is 13.2 Å². The Morgan fingerprint density at radius 2 is 2.05 bits per heavy atom. The molecule has 2 aliphatic rings. The van der Waals surface area contributed by atoms with Gasteiger partial charge in [0.05, 0.1) is 23.1 Å². The summed E-state index contributed by atoms with van der Waals surface area (Å²) < 4.78 is 23.2. The molecule has 1 amide bonds. The lowest BCUT2D eigenvalue weighted by Gasteiger charge is -2.30. The summed E-state index contributed by atoms with van der Waals surface area (Å²) in [7, 11) is -3.01. The van der Waals surface area contributed by atoms with E-state index in [0.29, 0.717) is 19.4 Å². The first kappa shape index (κ1) is 14.5. The summed E-state index contributed by atoms with van der Waals surface area (Å²) in [6.07, 6.45) is 1.13. The first-order valence-corrected chi connectivity index (χ1v) is 9.02. The molecule has 2 atom stereocenters. The predicted molar refractivity (Wildman–Crippen MR) is 80.6 cm³/mol. The van der Waals surface area contributed by atoms with Gasteiger partial charge in [-0.15, -0.1) is 0 Å². The fourth-order valence-corrected chi connectivity index (χ4v) is 5.23. The number of amides is 1. The second-order valence-corrected chi connectivity index (χ2v) is 8.48. The number of hydrogen-bond donors (Lipinski definition) is 2. The lowest BCUT2D eigenvalue weighted by Crippen LogP contribution is -2.55. The largest absolute Gasteiger partial charge is 0.349 e. The number of nitrogens with one attached hydrogen (secondary N) is 2. The smallest absolute Gasteiger partial charge is 0.237 e. The summed E-state index contributed by atoms with van der Waals surface area (Å²) in [6, 6.07) is 7.77. The molecule has 2 N–H and O–H groups in total. The highest BCUT2D eigenvalue weighted by molar-refractivity contribution is 7.91. The maximum Gasteiger partial charge on any atom is 0.237 e. The van der Waals surface area contributed by atoms with Crippen LogP contribution >= 0.6 is 0 Å². The van der Waals surface area contributed by atoms with Gasteiger partial charge in [0, 0.05) is 6.54 Å². The number of rotatable bonds is 2. The predicted octanol–water partition coefficient (Wildman–Crippen LogP) is 0.394. The number of sulfone groups is 1. The molecule has 1 fully saturated rings. The van der Waals surface area contributed by atoms with Gasteiger partial charge in [0.15, 0.2) is 9.84 Å². The zero-order valence-electron chi connectivity index (χ0n) is 12.1. The molecule has 114 valence electrons. The number of hydrogen-bond acceptors (Lipinski definition) is 4. The van der Waals surface area contributed by atoms with Gasteiger partial charge >= 0.3 is 0 Å². The maximum absolute atomic E-state index is 12.4. The zero-order chi connectivity index (χ0) is 15.1. The molecule has 0 radical (unpaired) electrons. The molecular formula is C15H20N2O3S. The number of fused-ring (bicyclic) bond motifs is 1. The third kappa shape index (κ3) is 3.11. The van der Waals surface area contributed by atoms with Gasteiger partial charge in [-0.3, -0.25) is 4.79 Å². The quantitative estimate of drug-likeness (QED) is 0.829. The molecule has 0 saturated carbocycles. The molecule has 3 rings (SSSR count). The van der Waals surface area contributed by atoms with E-state index in [1.54, 1.807) is 0 Å². The van der Waals surface area contributed by atoms with Crippen molar-refractivity contribution in [1.82, 2.24) is 10.6 Å². The van der Waals surface area contributed by atoms with Crippen LogP contribution in [-0.4, -0.2) is 37.4 Å². The molecule has 6 heteroatoms. The van der Waals surface area contributed by atoms with Crippen molar-refractivity contribution in [2.45, 2.75) is 37.9 Å². The summed E-state index contributed by atoms with van der Waals surface area (Å²) in [6.45, 7) is 2.48. The van der Waals surface area contributed by atoms with Crippen molar-refractivity contribution in [3.63, 3.8) is 0 Å². The summed E-state index contributed by atoms with van der Waals surface area (Å²) in [5.41, 5.74) is 1.77. The molecule has 1 unspecified atom stereocenters. The van der Waals surface area contributed by atoms with E-state index in [9.17, 15) is 13.2 Å². The molecule has 0 aliphatic carbocycles. The lowest BCUT2D eigenvalue weighted by molar-refractivity contribution is -0.124. The average molecular weight is 308 g/mol. The van der Waals surface area contributed by atoms with Gasteiger partial charge in [-0.2, -0.15) is 0 Å². The maximum atomic E-state index is 12.4. The van der Waals surface area contributed by atoms with Crippen LogP contribution in [0.5, 0.6) is 0 Å². The van der Waals surface area contributed by atoms with Crippen LogP contribution in [0.1, 0.15) is 24.5 Å². The van der Waals surface area contributed by atoms with Gasteiger partial charge in [0.1, 0.15) is 0 Å². The zero-order valence-corrected chi connectivity index (χ0v) is 12.9. The van der Waals surface area contributed by atoms with E-state index in [1.807, 2.05) is 25.1 Å². The van der Waals surface area contributed by atoms with Gasteiger partial charge in [-0.05, 0) is 30.9 Å². The monoisotopic (exact) mass is 308 g/mol. The van der Waals surface area contributed by atoms with E-state index < -0.39 is 15.4 Å². The molecule has 1 saturated heterocycles. The molecule has 2 aliphatic heterocycles. The van der Waals surface area contributed by atoms with E-state index in [2.05, 4.69) is 16.7 Å². The minimum atomic E-state index is -3.01. The van der Waals surface area contributed by atoms with E-state index >= 15 is 0 Å². The van der Waals surface area contributed by atoms with Crippen molar-refractivity contribution >= 4 is 15.7 Å². The highest BCUT2D eigenvalue weighted by Gasteiger charge is 2.40. The topological polar surface area (TPSA) is 75.3 Å². The Hall–Kier alpha value is -1.40. The van der Waals surface area contributed by atoms with Crippen molar-refractivity contribution in [2.75, 3.05) is 11.5 Å². The second kappa shape index (κ2) is 5.10. The Morgan fingerprint density at radius 1 is 1.33 bits per heavy atom. The van der Waals surface area contributed by atoms with Crippen LogP contribution in [0, 0.1) is 0 Å². The minimum absolute atomic E-state index is 0.0368. The third-order valence-electron chi connectivity index (χ3n) is 4.33. The summed E-state index contributed by atoms with van der Waals surface area (Å²) in [5.74, 6) is 0.0869. The van der Waals surface area contributed by atoms with Crippen LogP contribution < -0.4 is 10.6 Å². The highest BCUT2D eigenvalue weighted by atomic mass is 32.2. The summed E-state index contributed by atoms with van der Waals surface area (Å²) in [5, 5.41) is 6.16. The van der Waals surface area contributed by atoms with Gasteiger partial charge in [0.2, 0.25) is 5.91 Å².